The van der Waals surface area contributed by atoms with Crippen molar-refractivity contribution in [1.82, 2.24) is 9.78 Å². The van der Waals surface area contributed by atoms with Crippen LogP contribution in [-0.4, -0.2) is 9.78 Å². The van der Waals surface area contributed by atoms with E-state index in [9.17, 15) is 0 Å². The van der Waals surface area contributed by atoms with Crippen LogP contribution in [0, 0.1) is 12.0 Å². The van der Waals surface area contributed by atoms with Crippen LogP contribution in [0.1, 0.15) is 20.3 Å². The quantitative estimate of drug-likeness (QED) is 0.382. The van der Waals surface area contributed by atoms with Crippen LogP contribution >= 0.6 is 0 Å². The molecular weight excluding hydrogens is 131 g/mol. The Morgan fingerprint density at radius 3 is 2.73 bits per heavy atom. The molecule has 3 heteroatoms. The van der Waals surface area contributed by atoms with E-state index in [0.29, 0.717) is 0 Å². The monoisotopic (exact) mass is 144 g/mol. The standard InChI is InChI=1S/C8H13N2.Li/c1-8(2)4-7-10-6-3-5-9-10;/h5-6,8H,4,7H2,1-2H3;/q-1;+1. The fraction of sp³-hybridized carbons (Fsp3) is 0.625. The minimum atomic E-state index is 0. The zero-order chi connectivity index (χ0) is 7.40. The predicted octanol–water partition coefficient (Wildman–Crippen LogP) is -1.27. The Balaban J connectivity index is 0.000001000. The summed E-state index contributed by atoms with van der Waals surface area (Å²) in [6.45, 7) is 5.45. The van der Waals surface area contributed by atoms with Crippen molar-refractivity contribution in [3.05, 3.63) is 18.5 Å². The van der Waals surface area contributed by atoms with E-state index >= 15 is 0 Å². The summed E-state index contributed by atoms with van der Waals surface area (Å²) in [7, 11) is 0. The van der Waals surface area contributed by atoms with E-state index in [4.69, 9.17) is 0 Å². The van der Waals surface area contributed by atoms with E-state index in [-0.39, 0.29) is 18.9 Å². The first-order chi connectivity index (χ1) is 4.79. The normalized spacial score (nSPS) is 9.73. The Hall–Kier alpha value is -0.193. The largest absolute Gasteiger partial charge is 1.00 e. The van der Waals surface area contributed by atoms with Gasteiger partial charge in [0.1, 0.15) is 0 Å². The van der Waals surface area contributed by atoms with Gasteiger partial charge in [-0.1, -0.05) is 13.8 Å². The molecule has 0 N–H and O–H groups in total. The second-order valence-corrected chi connectivity index (χ2v) is 2.89. The Kier molecular flexibility index (Phi) is 5.36. The topological polar surface area (TPSA) is 17.8 Å². The molecular formula is C8H13LiN2. The smallest absolute Gasteiger partial charge is 0.432 e. The minimum absolute atomic E-state index is 0. The molecule has 1 aromatic rings. The Labute approximate surface area is 80.2 Å². The first-order valence-corrected chi connectivity index (χ1v) is 3.67. The van der Waals surface area contributed by atoms with Crippen molar-refractivity contribution in [2.45, 2.75) is 26.8 Å². The molecule has 0 fully saturated rings. The van der Waals surface area contributed by atoms with Crippen molar-refractivity contribution in [3.8, 4) is 0 Å². The molecule has 0 radical (unpaired) electrons. The van der Waals surface area contributed by atoms with Crippen molar-refractivity contribution < 1.29 is 18.9 Å². The van der Waals surface area contributed by atoms with Gasteiger partial charge in [0, 0.05) is 6.54 Å². The summed E-state index contributed by atoms with van der Waals surface area (Å²) in [6.07, 6.45) is 4.76. The molecule has 1 heterocycles. The molecule has 0 aliphatic carbocycles. The minimum Gasteiger partial charge on any atom is -0.432 e. The van der Waals surface area contributed by atoms with Crippen LogP contribution < -0.4 is 18.9 Å². The summed E-state index contributed by atoms with van der Waals surface area (Å²) < 4.78 is 1.92. The molecule has 0 saturated heterocycles. The first kappa shape index (κ1) is 10.8. The van der Waals surface area contributed by atoms with Crippen LogP contribution in [0.4, 0.5) is 0 Å². The predicted molar refractivity (Wildman–Crippen MR) is 40.5 cm³/mol. The van der Waals surface area contributed by atoms with Crippen LogP contribution in [0.15, 0.2) is 12.4 Å². The summed E-state index contributed by atoms with van der Waals surface area (Å²) >= 11 is 0. The molecule has 1 rings (SSSR count). The average molecular weight is 144 g/mol. The van der Waals surface area contributed by atoms with Gasteiger partial charge in [0.05, 0.1) is 0 Å². The zero-order valence-corrected chi connectivity index (χ0v) is 7.54. The molecule has 2 nitrogen and oxygen atoms in total. The van der Waals surface area contributed by atoms with Crippen molar-refractivity contribution in [1.29, 1.82) is 0 Å². The van der Waals surface area contributed by atoms with E-state index < -0.39 is 0 Å². The first-order valence-electron chi connectivity index (χ1n) is 3.67. The second-order valence-electron chi connectivity index (χ2n) is 2.89. The molecule has 0 unspecified atom stereocenters. The van der Waals surface area contributed by atoms with Crippen molar-refractivity contribution >= 4 is 0 Å². The number of aryl methyl sites for hydroxylation is 1. The SMILES string of the molecule is CC(C)CCn1c[c-]cn1.[Li+]. The maximum atomic E-state index is 4.05. The summed E-state index contributed by atoms with van der Waals surface area (Å²) in [5.41, 5.74) is 0. The maximum Gasteiger partial charge on any atom is 1.00 e. The molecule has 0 spiro atoms. The van der Waals surface area contributed by atoms with Gasteiger partial charge in [-0.3, -0.25) is 0 Å². The van der Waals surface area contributed by atoms with Gasteiger partial charge in [0.2, 0.25) is 0 Å². The van der Waals surface area contributed by atoms with E-state index in [1.54, 1.807) is 6.20 Å². The van der Waals surface area contributed by atoms with Gasteiger partial charge < -0.3 is 10.7 Å². The van der Waals surface area contributed by atoms with Crippen LogP contribution in [0.25, 0.3) is 0 Å². The van der Waals surface area contributed by atoms with Crippen molar-refractivity contribution in [3.63, 3.8) is 0 Å². The molecule has 0 aromatic carbocycles. The molecule has 11 heavy (non-hydrogen) atoms. The van der Waals surface area contributed by atoms with Gasteiger partial charge in [0.25, 0.3) is 0 Å². The van der Waals surface area contributed by atoms with Crippen LogP contribution in [0.3, 0.4) is 0 Å². The number of nitrogens with zero attached hydrogens (tertiary/aromatic N) is 2. The molecule has 0 atom stereocenters. The Morgan fingerprint density at radius 1 is 1.55 bits per heavy atom. The number of rotatable bonds is 3. The Morgan fingerprint density at radius 2 is 2.27 bits per heavy atom. The van der Waals surface area contributed by atoms with Crippen LogP contribution in [-0.2, 0) is 6.54 Å². The summed E-state index contributed by atoms with van der Waals surface area (Å²) in [6, 6.07) is 2.91. The maximum absolute atomic E-state index is 4.05. The van der Waals surface area contributed by atoms with E-state index in [0.717, 1.165) is 12.5 Å². The van der Waals surface area contributed by atoms with E-state index in [2.05, 4.69) is 25.0 Å². The van der Waals surface area contributed by atoms with Crippen molar-refractivity contribution in [2.75, 3.05) is 0 Å². The zero-order valence-electron chi connectivity index (χ0n) is 7.54. The fourth-order valence-corrected chi connectivity index (χ4v) is 0.773. The van der Waals surface area contributed by atoms with Crippen LogP contribution in [0.2, 0.25) is 0 Å². The summed E-state index contributed by atoms with van der Waals surface area (Å²) in [5.74, 6) is 0.754. The molecule has 0 amide bonds. The van der Waals surface area contributed by atoms with Gasteiger partial charge in [0.15, 0.2) is 0 Å². The molecule has 0 bridgehead atoms. The third kappa shape index (κ3) is 4.29. The van der Waals surface area contributed by atoms with Crippen LogP contribution in [0.5, 0.6) is 0 Å². The second kappa shape index (κ2) is 5.46. The molecule has 0 aliphatic heterocycles. The summed E-state index contributed by atoms with van der Waals surface area (Å²) in [4.78, 5) is 0. The Bertz CT molecular complexity index is 170. The molecule has 0 saturated carbocycles. The number of hydrogen-bond acceptors (Lipinski definition) is 1. The number of aromatic nitrogens is 2. The fourth-order valence-electron chi connectivity index (χ4n) is 0.773. The molecule has 56 valence electrons. The van der Waals surface area contributed by atoms with Gasteiger partial charge in [-0.05, 0) is 12.3 Å². The molecule has 0 aliphatic rings. The third-order valence-corrected chi connectivity index (χ3v) is 1.44. The molecule has 1 aromatic heterocycles. The van der Waals surface area contributed by atoms with Gasteiger partial charge in [-0.25, -0.2) is 5.10 Å². The van der Waals surface area contributed by atoms with Crippen molar-refractivity contribution in [2.24, 2.45) is 5.92 Å². The van der Waals surface area contributed by atoms with E-state index in [1.807, 2.05) is 10.9 Å². The van der Waals surface area contributed by atoms with Gasteiger partial charge >= 0.3 is 18.9 Å². The van der Waals surface area contributed by atoms with Gasteiger partial charge in [-0.2, -0.15) is 6.20 Å². The third-order valence-electron chi connectivity index (χ3n) is 1.44. The van der Waals surface area contributed by atoms with E-state index in [1.165, 1.54) is 6.42 Å². The average Bonchev–Trinajstić information content (AvgIpc) is 2.34. The summed E-state index contributed by atoms with van der Waals surface area (Å²) in [5, 5.41) is 4.05. The van der Waals surface area contributed by atoms with Gasteiger partial charge in [-0.15, -0.1) is 6.20 Å². The number of hydrogen-bond donors (Lipinski definition) is 0.